The predicted molar refractivity (Wildman–Crippen MR) is 102 cm³/mol. The van der Waals surface area contributed by atoms with Crippen LogP contribution in [0.15, 0.2) is 35.3 Å². The first-order chi connectivity index (χ1) is 12.3. The van der Waals surface area contributed by atoms with Crippen molar-refractivity contribution in [3.05, 3.63) is 45.8 Å². The van der Waals surface area contributed by atoms with E-state index < -0.39 is 17.6 Å². The Morgan fingerprint density at radius 3 is 2.81 bits per heavy atom. The summed E-state index contributed by atoms with van der Waals surface area (Å²) in [7, 11) is 3.14. The fourth-order valence-electron chi connectivity index (χ4n) is 2.87. The Balaban J connectivity index is 2.04. The summed E-state index contributed by atoms with van der Waals surface area (Å²) in [5.41, 5.74) is 0.239. The number of aliphatic hydroxyl groups excluding tert-OH is 1. The van der Waals surface area contributed by atoms with Gasteiger partial charge in [-0.2, -0.15) is 5.26 Å². The number of carbonyl (C=O) groups excluding carboxylic acids is 1. The third kappa shape index (κ3) is 2.86. The number of likely N-dealkylation sites (N-methyl/N-ethyl adjacent to an activating group) is 1. The number of aliphatic imine (C=N–C) groups is 1. The van der Waals surface area contributed by atoms with Crippen LogP contribution in [0.1, 0.15) is 17.4 Å². The fourth-order valence-corrected chi connectivity index (χ4v) is 4.30. The van der Waals surface area contributed by atoms with E-state index >= 15 is 0 Å². The van der Waals surface area contributed by atoms with E-state index in [0.717, 1.165) is 15.3 Å². The molecule has 2 atom stereocenters. The van der Waals surface area contributed by atoms with Crippen molar-refractivity contribution < 1.29 is 9.90 Å². The molecule has 1 aromatic heterocycles. The van der Waals surface area contributed by atoms with Crippen LogP contribution in [0, 0.1) is 11.3 Å². The van der Waals surface area contributed by atoms with Gasteiger partial charge in [0, 0.05) is 34.4 Å². The van der Waals surface area contributed by atoms with Crippen molar-refractivity contribution in [2.75, 3.05) is 14.1 Å². The summed E-state index contributed by atoms with van der Waals surface area (Å²) in [6, 6.07) is 10.9. The molecule has 2 heterocycles. The molecular weight excluding hydrogens is 372 g/mol. The second-order valence-electron chi connectivity index (χ2n) is 6.14. The van der Waals surface area contributed by atoms with Gasteiger partial charge in [-0.05, 0) is 37.3 Å². The van der Waals surface area contributed by atoms with Crippen LogP contribution >= 0.6 is 22.9 Å². The van der Waals surface area contributed by atoms with E-state index in [1.165, 1.54) is 16.2 Å². The molecule has 0 radical (unpaired) electrons. The van der Waals surface area contributed by atoms with Gasteiger partial charge in [-0.25, -0.2) is 0 Å². The third-order valence-corrected chi connectivity index (χ3v) is 6.18. The molecule has 1 saturated heterocycles. The second-order valence-corrected chi connectivity index (χ2v) is 7.64. The second kappa shape index (κ2) is 6.72. The summed E-state index contributed by atoms with van der Waals surface area (Å²) < 4.78 is 0. The van der Waals surface area contributed by atoms with Gasteiger partial charge in [0.2, 0.25) is 5.96 Å². The summed E-state index contributed by atoms with van der Waals surface area (Å²) in [6.45, 7) is 1.76. The number of nitrogens with zero attached hydrogens (tertiary/aromatic N) is 3. The number of rotatable bonds is 2. The summed E-state index contributed by atoms with van der Waals surface area (Å²) in [5, 5.41) is 23.4. The van der Waals surface area contributed by atoms with E-state index in [1.807, 2.05) is 12.1 Å². The monoisotopic (exact) mass is 388 g/mol. The average molecular weight is 389 g/mol. The van der Waals surface area contributed by atoms with Crippen molar-refractivity contribution >= 4 is 34.8 Å². The molecule has 3 rings (SSSR count). The van der Waals surface area contributed by atoms with Crippen molar-refractivity contribution in [3.8, 4) is 16.5 Å². The number of guanidine groups is 1. The van der Waals surface area contributed by atoms with Crippen LogP contribution in [-0.4, -0.2) is 42.1 Å². The first-order valence-electron chi connectivity index (χ1n) is 7.82. The van der Waals surface area contributed by atoms with E-state index in [1.54, 1.807) is 39.2 Å². The van der Waals surface area contributed by atoms with Gasteiger partial charge >= 0.3 is 0 Å². The number of amides is 1. The van der Waals surface area contributed by atoms with Crippen LogP contribution in [0.5, 0.6) is 0 Å². The van der Waals surface area contributed by atoms with Crippen LogP contribution in [-0.2, 0) is 10.3 Å². The Morgan fingerprint density at radius 1 is 1.42 bits per heavy atom. The number of nitrogens with one attached hydrogen (secondary N) is 1. The smallest absolute Gasteiger partial charge is 0.260 e. The van der Waals surface area contributed by atoms with Gasteiger partial charge in [-0.1, -0.05) is 11.6 Å². The molecule has 0 aliphatic carbocycles. The van der Waals surface area contributed by atoms with Crippen LogP contribution in [0.25, 0.3) is 10.4 Å². The highest BCUT2D eigenvalue weighted by Gasteiger charge is 2.47. The fraction of sp³-hybridized carbons (Fsp3) is 0.278. The maximum atomic E-state index is 12.4. The summed E-state index contributed by atoms with van der Waals surface area (Å²) in [6.07, 6.45) is -1.26. The summed E-state index contributed by atoms with van der Waals surface area (Å²) in [5.74, 6) is -0.0337. The molecule has 1 aromatic carbocycles. The zero-order valence-corrected chi connectivity index (χ0v) is 16.0. The van der Waals surface area contributed by atoms with E-state index in [9.17, 15) is 9.90 Å². The zero-order chi connectivity index (χ0) is 19.1. The lowest BCUT2D eigenvalue weighted by Gasteiger charge is -2.42. The Morgan fingerprint density at radius 2 is 2.15 bits per heavy atom. The number of hydrogen-bond donors (Lipinski definition) is 2. The quantitative estimate of drug-likeness (QED) is 0.827. The molecule has 0 bridgehead atoms. The van der Waals surface area contributed by atoms with Gasteiger partial charge < -0.3 is 10.4 Å². The highest BCUT2D eigenvalue weighted by Crippen LogP contribution is 2.40. The topological polar surface area (TPSA) is 88.7 Å². The molecule has 1 aliphatic heterocycles. The lowest BCUT2D eigenvalue weighted by atomic mass is 9.90. The highest BCUT2D eigenvalue weighted by molar-refractivity contribution is 7.15. The van der Waals surface area contributed by atoms with Gasteiger partial charge in [-0.15, -0.1) is 11.3 Å². The lowest BCUT2D eigenvalue weighted by Crippen LogP contribution is -2.66. The molecule has 1 aliphatic rings. The maximum absolute atomic E-state index is 12.4. The molecule has 1 amide bonds. The molecule has 2 N–H and O–H groups in total. The molecule has 0 saturated carbocycles. The maximum Gasteiger partial charge on any atom is 0.260 e. The first-order valence-corrected chi connectivity index (χ1v) is 9.02. The number of nitriles is 1. The van der Waals surface area contributed by atoms with Crippen molar-refractivity contribution in [1.29, 1.82) is 5.26 Å². The minimum atomic E-state index is -1.26. The van der Waals surface area contributed by atoms with Gasteiger partial charge in [0.05, 0.1) is 11.6 Å². The van der Waals surface area contributed by atoms with Crippen molar-refractivity contribution in [2.45, 2.75) is 18.6 Å². The van der Waals surface area contributed by atoms with Crippen molar-refractivity contribution in [3.63, 3.8) is 0 Å². The third-order valence-electron chi connectivity index (χ3n) is 4.49. The average Bonchev–Trinajstić information content (AvgIpc) is 3.14. The van der Waals surface area contributed by atoms with E-state index in [2.05, 4.69) is 16.4 Å². The van der Waals surface area contributed by atoms with Crippen molar-refractivity contribution in [1.82, 2.24) is 10.2 Å². The van der Waals surface area contributed by atoms with E-state index in [4.69, 9.17) is 16.9 Å². The normalized spacial score (nSPS) is 24.5. The van der Waals surface area contributed by atoms with Gasteiger partial charge in [-0.3, -0.25) is 14.7 Å². The van der Waals surface area contributed by atoms with Gasteiger partial charge in [0.1, 0.15) is 5.54 Å². The minimum Gasteiger partial charge on any atom is -0.380 e. The summed E-state index contributed by atoms with van der Waals surface area (Å²) >= 11 is 7.69. The molecule has 0 unspecified atom stereocenters. The van der Waals surface area contributed by atoms with Crippen LogP contribution < -0.4 is 5.32 Å². The van der Waals surface area contributed by atoms with E-state index in [-0.39, 0.29) is 0 Å². The molecule has 1 fully saturated rings. The zero-order valence-electron chi connectivity index (χ0n) is 14.4. The standard InChI is InChI=1S/C18H17ClN4O2S/c1-18(15(24)16(25)23(3)17(21-2)22-18)14-7-6-13(26-14)11-8-10(9-20)4-5-12(11)19/h4-8,15,24H,1-3H3,(H,21,22)/t15-,18+/m0/s1. The van der Waals surface area contributed by atoms with Crippen LogP contribution in [0.4, 0.5) is 0 Å². The molecule has 134 valence electrons. The molecule has 2 aromatic rings. The largest absolute Gasteiger partial charge is 0.380 e. The number of benzene rings is 1. The minimum absolute atomic E-state index is 0.391. The summed E-state index contributed by atoms with van der Waals surface area (Å²) in [4.78, 5) is 19.4. The molecule has 6 nitrogen and oxygen atoms in total. The molecule has 8 heteroatoms. The Hall–Kier alpha value is -2.40. The SMILES string of the molecule is CN=C1N[C@](C)(c2ccc(-c3cc(C#N)ccc3Cl)s2)[C@@H](O)C(=O)N1C. The Kier molecular flexibility index (Phi) is 4.76. The number of halogens is 1. The number of hydrogen-bond acceptors (Lipinski definition) is 5. The highest BCUT2D eigenvalue weighted by atomic mass is 35.5. The van der Waals surface area contributed by atoms with Crippen LogP contribution in [0.3, 0.4) is 0 Å². The first kappa shape index (κ1) is 18.4. The van der Waals surface area contributed by atoms with Gasteiger partial charge in [0.15, 0.2) is 6.10 Å². The van der Waals surface area contributed by atoms with E-state index in [0.29, 0.717) is 16.5 Å². The number of thiophene rings is 1. The Labute approximate surface area is 160 Å². The predicted octanol–water partition coefficient (Wildman–Crippen LogP) is 2.56. The van der Waals surface area contributed by atoms with Crippen molar-refractivity contribution in [2.24, 2.45) is 4.99 Å². The Bertz CT molecular complexity index is 949. The molecular formula is C18H17ClN4O2S. The molecule has 0 spiro atoms. The number of aliphatic hydroxyl groups is 1. The lowest BCUT2D eigenvalue weighted by molar-refractivity contribution is -0.141. The molecule has 26 heavy (non-hydrogen) atoms. The number of carbonyl (C=O) groups is 1. The van der Waals surface area contributed by atoms with Crippen LogP contribution in [0.2, 0.25) is 5.02 Å². The van der Waals surface area contributed by atoms with Gasteiger partial charge in [0.25, 0.3) is 5.91 Å².